The molecule has 0 saturated carbocycles. The van der Waals surface area contributed by atoms with E-state index in [2.05, 4.69) is 62.7 Å². The van der Waals surface area contributed by atoms with Gasteiger partial charge >= 0.3 is 11.8 Å². The van der Waals surface area contributed by atoms with E-state index in [0.717, 1.165) is 58.2 Å². The van der Waals surface area contributed by atoms with Crippen molar-refractivity contribution < 1.29 is 13.9 Å². The second-order valence-corrected chi connectivity index (χ2v) is 8.92. The fourth-order valence-corrected chi connectivity index (χ4v) is 3.71. The molecule has 1 aliphatic heterocycles. The summed E-state index contributed by atoms with van der Waals surface area (Å²) >= 11 is 4.34. The molecule has 10 heteroatoms. The van der Waals surface area contributed by atoms with Crippen molar-refractivity contribution >= 4 is 24.4 Å². The van der Waals surface area contributed by atoms with Gasteiger partial charge in [0.25, 0.3) is 0 Å². The van der Waals surface area contributed by atoms with Crippen molar-refractivity contribution in [3.63, 3.8) is 0 Å². The topological polar surface area (TPSA) is 105 Å². The highest BCUT2D eigenvalue weighted by atomic mass is 32.1. The Hall–Kier alpha value is -3.37. The second kappa shape index (κ2) is 13.1. The third-order valence-electron chi connectivity index (χ3n) is 5.66. The largest absolute Gasteiger partial charge is 0.497 e. The van der Waals surface area contributed by atoms with E-state index < -0.39 is 0 Å². The molecule has 0 atom stereocenters. The predicted octanol–water partition coefficient (Wildman–Crippen LogP) is 3.05. The summed E-state index contributed by atoms with van der Waals surface area (Å²) < 4.78 is 10.4. The van der Waals surface area contributed by atoms with Crippen LogP contribution < -0.4 is 15.4 Å². The molecular weight excluding hydrogens is 476 g/mol. The van der Waals surface area contributed by atoms with Crippen LogP contribution in [0.3, 0.4) is 0 Å². The van der Waals surface area contributed by atoms with Gasteiger partial charge in [-0.15, -0.1) is 22.8 Å². The van der Waals surface area contributed by atoms with E-state index in [1.807, 2.05) is 26.0 Å². The van der Waals surface area contributed by atoms with Gasteiger partial charge in [-0.05, 0) is 56.1 Å². The number of amides is 1. The molecule has 3 aromatic rings. The summed E-state index contributed by atoms with van der Waals surface area (Å²) in [6.07, 6.45) is 0.750. The van der Waals surface area contributed by atoms with E-state index in [1.165, 1.54) is 0 Å². The van der Waals surface area contributed by atoms with Crippen LogP contribution in [-0.2, 0) is 13.0 Å². The molecule has 0 spiro atoms. The minimum Gasteiger partial charge on any atom is -0.497 e. The first-order valence-electron chi connectivity index (χ1n) is 11.8. The summed E-state index contributed by atoms with van der Waals surface area (Å²) in [7, 11) is 5.18. The van der Waals surface area contributed by atoms with Crippen LogP contribution in [0.25, 0.3) is 0 Å². The number of hydrogen-bond donors (Lipinski definition) is 3. The third-order valence-corrected chi connectivity index (χ3v) is 6.37. The standard InChI is InChI=1S/C17H22N6O2.C9H12OS/c1-18-11-14-21-22-16(25-14)17(24)23(2)10-7-12-3-5-13(6-4-12)15-19-8-9-20-15;1-6-4-8(10-3)5-7(2)9(6)11/h3-6,18H,7-11H2,1-2H3,(H,19,20);4-5,11H,1-3H3. The van der Waals surface area contributed by atoms with Crippen LogP contribution in [0.2, 0.25) is 0 Å². The molecule has 4 rings (SSSR count). The van der Waals surface area contributed by atoms with Crippen LogP contribution in [0.1, 0.15) is 38.8 Å². The summed E-state index contributed by atoms with van der Waals surface area (Å²) in [6, 6.07) is 12.2. The van der Waals surface area contributed by atoms with E-state index in [-0.39, 0.29) is 11.8 Å². The lowest BCUT2D eigenvalue weighted by Gasteiger charge is -2.15. The number of carbonyl (C=O) groups is 1. The number of aliphatic imine (C=N–C) groups is 1. The zero-order chi connectivity index (χ0) is 26.1. The smallest absolute Gasteiger partial charge is 0.311 e. The zero-order valence-corrected chi connectivity index (χ0v) is 22.4. The zero-order valence-electron chi connectivity index (χ0n) is 21.5. The number of methoxy groups -OCH3 is 1. The number of amidine groups is 1. The van der Waals surface area contributed by atoms with Crippen LogP contribution in [0.15, 0.2) is 50.7 Å². The van der Waals surface area contributed by atoms with Crippen molar-refractivity contribution in [2.24, 2.45) is 4.99 Å². The lowest BCUT2D eigenvalue weighted by molar-refractivity contribution is 0.0755. The Morgan fingerprint density at radius 2 is 1.89 bits per heavy atom. The van der Waals surface area contributed by atoms with Gasteiger partial charge in [-0.25, -0.2) is 0 Å². The molecular formula is C26H34N6O3S. The van der Waals surface area contributed by atoms with Gasteiger partial charge in [-0.2, -0.15) is 0 Å². The number of likely N-dealkylation sites (N-methyl/N-ethyl adjacent to an activating group) is 1. The van der Waals surface area contributed by atoms with Crippen molar-refractivity contribution in [3.8, 4) is 5.75 Å². The van der Waals surface area contributed by atoms with Crippen molar-refractivity contribution in [1.82, 2.24) is 25.7 Å². The Morgan fingerprint density at radius 3 is 2.47 bits per heavy atom. The minimum atomic E-state index is -0.268. The quantitative estimate of drug-likeness (QED) is 0.400. The summed E-state index contributed by atoms with van der Waals surface area (Å²) in [6.45, 7) is 6.79. The molecule has 1 aliphatic rings. The highest BCUT2D eigenvalue weighted by Gasteiger charge is 2.19. The lowest BCUT2D eigenvalue weighted by atomic mass is 10.1. The normalized spacial score (nSPS) is 12.3. The number of thiol groups is 1. The summed E-state index contributed by atoms with van der Waals surface area (Å²) in [5.41, 5.74) is 4.56. The Kier molecular flexibility index (Phi) is 9.89. The van der Waals surface area contributed by atoms with Gasteiger partial charge in [0.1, 0.15) is 11.6 Å². The molecule has 1 aromatic heterocycles. The number of rotatable bonds is 8. The number of aromatic nitrogens is 2. The highest BCUT2D eigenvalue weighted by Crippen LogP contribution is 2.23. The molecule has 0 fully saturated rings. The van der Waals surface area contributed by atoms with Crippen LogP contribution in [0.5, 0.6) is 5.75 Å². The van der Waals surface area contributed by atoms with Crippen LogP contribution in [0, 0.1) is 13.8 Å². The second-order valence-electron chi connectivity index (χ2n) is 8.47. The maximum Gasteiger partial charge on any atom is 0.311 e. The molecule has 1 amide bonds. The Bertz CT molecular complexity index is 1170. The fraction of sp³-hybridized carbons (Fsp3) is 0.385. The molecule has 9 nitrogen and oxygen atoms in total. The first-order valence-corrected chi connectivity index (χ1v) is 12.2. The van der Waals surface area contributed by atoms with E-state index in [4.69, 9.17) is 9.15 Å². The third kappa shape index (κ3) is 7.32. The average Bonchev–Trinajstić information content (AvgIpc) is 3.59. The molecule has 0 bridgehead atoms. The molecule has 0 radical (unpaired) electrons. The number of nitrogens with one attached hydrogen (secondary N) is 2. The fourth-order valence-electron chi connectivity index (χ4n) is 3.58. The number of nitrogens with zero attached hydrogens (tertiary/aromatic N) is 4. The summed E-state index contributed by atoms with van der Waals surface area (Å²) in [5, 5.41) is 13.8. The molecule has 192 valence electrons. The van der Waals surface area contributed by atoms with Crippen LogP contribution in [0.4, 0.5) is 0 Å². The van der Waals surface area contributed by atoms with Gasteiger partial charge in [0.2, 0.25) is 5.89 Å². The molecule has 2 heterocycles. The maximum absolute atomic E-state index is 12.3. The van der Waals surface area contributed by atoms with Gasteiger partial charge in [-0.3, -0.25) is 9.79 Å². The van der Waals surface area contributed by atoms with Crippen LogP contribution >= 0.6 is 12.6 Å². The number of carbonyl (C=O) groups excluding carboxylic acids is 1. The van der Waals surface area contributed by atoms with Gasteiger partial charge in [0, 0.05) is 30.6 Å². The maximum atomic E-state index is 12.3. The molecule has 0 unspecified atom stereocenters. The number of aryl methyl sites for hydroxylation is 2. The predicted molar refractivity (Wildman–Crippen MR) is 143 cm³/mol. The van der Waals surface area contributed by atoms with Crippen molar-refractivity contribution in [1.29, 1.82) is 0 Å². The number of hydrogen-bond acceptors (Lipinski definition) is 9. The van der Waals surface area contributed by atoms with Crippen molar-refractivity contribution in [3.05, 3.63) is 70.4 Å². The van der Waals surface area contributed by atoms with Gasteiger partial charge in [0.15, 0.2) is 0 Å². The lowest BCUT2D eigenvalue weighted by Crippen LogP contribution is -2.29. The molecule has 2 aromatic carbocycles. The SMILES string of the molecule is CNCc1nnc(C(=O)N(C)CCc2ccc(C3=NCCN3)cc2)o1.COc1cc(C)c(S)c(C)c1. The molecule has 0 aliphatic carbocycles. The first-order chi connectivity index (χ1) is 17.3. The van der Waals surface area contributed by atoms with E-state index in [0.29, 0.717) is 19.0 Å². The van der Waals surface area contributed by atoms with E-state index in [1.54, 1.807) is 26.1 Å². The van der Waals surface area contributed by atoms with Crippen molar-refractivity contribution in [2.45, 2.75) is 31.7 Å². The van der Waals surface area contributed by atoms with Gasteiger partial charge in [0.05, 0.1) is 20.2 Å². The molecule has 36 heavy (non-hydrogen) atoms. The van der Waals surface area contributed by atoms with Gasteiger partial charge in [-0.1, -0.05) is 24.3 Å². The Balaban J connectivity index is 0.000000275. The number of ether oxygens (including phenoxy) is 1. The van der Waals surface area contributed by atoms with E-state index >= 15 is 0 Å². The number of benzene rings is 2. The van der Waals surface area contributed by atoms with Crippen LogP contribution in [-0.4, -0.2) is 67.7 Å². The van der Waals surface area contributed by atoms with Crippen molar-refractivity contribution in [2.75, 3.05) is 40.8 Å². The Morgan fingerprint density at radius 1 is 1.19 bits per heavy atom. The van der Waals surface area contributed by atoms with E-state index in [9.17, 15) is 4.79 Å². The Labute approximate surface area is 217 Å². The minimum absolute atomic E-state index is 0.0217. The highest BCUT2D eigenvalue weighted by molar-refractivity contribution is 7.80. The summed E-state index contributed by atoms with van der Waals surface area (Å²) in [4.78, 5) is 19.3. The first kappa shape index (κ1) is 27.2. The molecule has 0 saturated heterocycles. The average molecular weight is 511 g/mol. The van der Waals surface area contributed by atoms with Gasteiger partial charge < -0.3 is 24.7 Å². The summed E-state index contributed by atoms with van der Waals surface area (Å²) in [5.74, 6) is 2.01. The molecule has 2 N–H and O–H groups in total. The monoisotopic (exact) mass is 510 g/mol.